The molecule has 3 N–H and O–H groups in total. The van der Waals surface area contributed by atoms with Gasteiger partial charge in [0.25, 0.3) is 0 Å². The zero-order valence-electron chi connectivity index (χ0n) is 6.51. The monoisotopic (exact) mass is 242 g/mol. The van der Waals surface area contributed by atoms with Crippen molar-refractivity contribution in [2.24, 2.45) is 0 Å². The summed E-state index contributed by atoms with van der Waals surface area (Å²) in [6.45, 7) is 0.852. The lowest BCUT2D eigenvalue weighted by molar-refractivity contribution is -0.386. The standard InChI is InChI=1S/C9H8BrNS/c10-9-7(5-11)6-3-1-2-4-8(6)12-9/h1-4H,5,11H2/p+1. The highest BCUT2D eigenvalue weighted by Gasteiger charge is 2.08. The van der Waals surface area contributed by atoms with Crippen molar-refractivity contribution in [3.63, 3.8) is 0 Å². The average Bonchev–Trinajstić information content (AvgIpc) is 2.40. The van der Waals surface area contributed by atoms with Crippen LogP contribution < -0.4 is 5.73 Å². The van der Waals surface area contributed by atoms with Gasteiger partial charge in [0.1, 0.15) is 6.54 Å². The van der Waals surface area contributed by atoms with Crippen LogP contribution in [0.25, 0.3) is 10.1 Å². The van der Waals surface area contributed by atoms with E-state index in [4.69, 9.17) is 0 Å². The summed E-state index contributed by atoms with van der Waals surface area (Å²) in [6, 6.07) is 8.43. The minimum Gasteiger partial charge on any atom is -0.354 e. The molecule has 0 unspecified atom stereocenters. The number of rotatable bonds is 1. The molecule has 3 heteroatoms. The van der Waals surface area contributed by atoms with Crippen molar-refractivity contribution in [3.05, 3.63) is 33.6 Å². The van der Waals surface area contributed by atoms with Crippen LogP contribution in [0.4, 0.5) is 0 Å². The van der Waals surface area contributed by atoms with Crippen molar-refractivity contribution in [2.75, 3.05) is 0 Å². The molecule has 0 aliphatic carbocycles. The summed E-state index contributed by atoms with van der Waals surface area (Å²) in [6.07, 6.45) is 0. The summed E-state index contributed by atoms with van der Waals surface area (Å²) >= 11 is 5.33. The molecule has 62 valence electrons. The van der Waals surface area contributed by atoms with Gasteiger partial charge in [0.2, 0.25) is 0 Å². The quantitative estimate of drug-likeness (QED) is 0.796. The molecule has 1 heterocycles. The molecule has 0 radical (unpaired) electrons. The van der Waals surface area contributed by atoms with Crippen molar-refractivity contribution in [3.8, 4) is 0 Å². The van der Waals surface area contributed by atoms with E-state index in [0.29, 0.717) is 0 Å². The summed E-state index contributed by atoms with van der Waals surface area (Å²) in [4.78, 5) is 0. The average molecular weight is 243 g/mol. The highest BCUT2D eigenvalue weighted by molar-refractivity contribution is 9.11. The van der Waals surface area contributed by atoms with Crippen LogP contribution in [0.2, 0.25) is 0 Å². The maximum atomic E-state index is 3.92. The Balaban J connectivity index is 2.81. The largest absolute Gasteiger partial charge is 0.354 e. The maximum Gasteiger partial charge on any atom is 0.102 e. The first-order chi connectivity index (χ1) is 5.83. The minimum absolute atomic E-state index is 0.852. The lowest BCUT2D eigenvalue weighted by Crippen LogP contribution is -2.47. The van der Waals surface area contributed by atoms with Crippen molar-refractivity contribution in [2.45, 2.75) is 6.54 Å². The zero-order chi connectivity index (χ0) is 8.55. The molecule has 0 saturated heterocycles. The van der Waals surface area contributed by atoms with Crippen LogP contribution in [0.3, 0.4) is 0 Å². The Labute approximate surface area is 83.3 Å². The fourth-order valence-electron chi connectivity index (χ4n) is 1.30. The van der Waals surface area contributed by atoms with Gasteiger partial charge in [-0.1, -0.05) is 18.2 Å². The van der Waals surface area contributed by atoms with Crippen LogP contribution in [-0.4, -0.2) is 0 Å². The Kier molecular flexibility index (Phi) is 2.17. The smallest absolute Gasteiger partial charge is 0.102 e. The van der Waals surface area contributed by atoms with Gasteiger partial charge in [-0.05, 0) is 22.0 Å². The number of benzene rings is 1. The molecular formula is C9H9BrNS+. The third-order valence-corrected chi connectivity index (χ3v) is 3.86. The Hall–Kier alpha value is -0.380. The highest BCUT2D eigenvalue weighted by Crippen LogP contribution is 2.34. The first-order valence-corrected chi connectivity index (χ1v) is 5.39. The lowest BCUT2D eigenvalue weighted by Gasteiger charge is -1.90. The van der Waals surface area contributed by atoms with E-state index in [1.807, 2.05) is 0 Å². The van der Waals surface area contributed by atoms with Crippen molar-refractivity contribution < 1.29 is 5.73 Å². The molecule has 0 atom stereocenters. The van der Waals surface area contributed by atoms with E-state index in [1.165, 1.54) is 19.4 Å². The van der Waals surface area contributed by atoms with Crippen molar-refractivity contribution in [1.29, 1.82) is 0 Å². The number of fused-ring (bicyclic) bond motifs is 1. The molecule has 0 aliphatic rings. The van der Waals surface area contributed by atoms with Gasteiger partial charge >= 0.3 is 0 Å². The minimum atomic E-state index is 0.852. The van der Waals surface area contributed by atoms with Gasteiger partial charge in [-0.15, -0.1) is 11.3 Å². The van der Waals surface area contributed by atoms with Crippen LogP contribution >= 0.6 is 27.3 Å². The molecule has 2 aromatic rings. The van der Waals surface area contributed by atoms with E-state index in [9.17, 15) is 0 Å². The van der Waals surface area contributed by atoms with Crippen LogP contribution in [-0.2, 0) is 6.54 Å². The lowest BCUT2D eigenvalue weighted by atomic mass is 10.2. The Morgan fingerprint density at radius 2 is 2.08 bits per heavy atom. The fraction of sp³-hybridized carbons (Fsp3) is 0.111. The second-order valence-electron chi connectivity index (χ2n) is 2.60. The summed E-state index contributed by atoms with van der Waals surface area (Å²) < 4.78 is 2.56. The van der Waals surface area contributed by atoms with Crippen molar-refractivity contribution >= 4 is 37.4 Å². The molecule has 0 fully saturated rings. The summed E-state index contributed by atoms with van der Waals surface area (Å²) in [7, 11) is 0. The summed E-state index contributed by atoms with van der Waals surface area (Å²) in [5, 5.41) is 1.34. The second-order valence-corrected chi connectivity index (χ2v) is 4.97. The Morgan fingerprint density at radius 1 is 1.33 bits per heavy atom. The molecule has 0 aliphatic heterocycles. The molecule has 1 aromatic heterocycles. The highest BCUT2D eigenvalue weighted by atomic mass is 79.9. The SMILES string of the molecule is [NH3+]Cc1c(Br)sc2ccccc12. The maximum absolute atomic E-state index is 3.92. The molecule has 0 bridgehead atoms. The van der Waals surface area contributed by atoms with E-state index in [2.05, 4.69) is 45.9 Å². The van der Waals surface area contributed by atoms with Gasteiger partial charge in [0.05, 0.1) is 3.79 Å². The molecule has 1 nitrogen and oxygen atoms in total. The Morgan fingerprint density at radius 3 is 2.83 bits per heavy atom. The third kappa shape index (κ3) is 1.18. The van der Waals surface area contributed by atoms with Gasteiger partial charge in [-0.3, -0.25) is 0 Å². The normalized spacial score (nSPS) is 10.8. The van der Waals surface area contributed by atoms with E-state index >= 15 is 0 Å². The Bertz CT molecular complexity index is 408. The third-order valence-electron chi connectivity index (χ3n) is 1.90. The van der Waals surface area contributed by atoms with Gasteiger partial charge in [-0.2, -0.15) is 0 Å². The van der Waals surface area contributed by atoms with Crippen LogP contribution in [0.15, 0.2) is 28.1 Å². The fourth-order valence-corrected chi connectivity index (χ4v) is 3.21. The number of quaternary nitrogens is 1. The topological polar surface area (TPSA) is 27.6 Å². The number of thiophene rings is 1. The van der Waals surface area contributed by atoms with Crippen LogP contribution in [0.1, 0.15) is 5.56 Å². The molecule has 0 saturated carbocycles. The molecular weight excluding hydrogens is 234 g/mol. The van der Waals surface area contributed by atoms with Crippen molar-refractivity contribution in [1.82, 2.24) is 0 Å². The predicted molar refractivity (Wildman–Crippen MR) is 56.1 cm³/mol. The van der Waals surface area contributed by atoms with Crippen LogP contribution in [0, 0.1) is 0 Å². The van der Waals surface area contributed by atoms with Gasteiger partial charge in [0, 0.05) is 15.6 Å². The first kappa shape index (κ1) is 8.23. The van der Waals surface area contributed by atoms with Gasteiger partial charge in [0.15, 0.2) is 0 Å². The first-order valence-electron chi connectivity index (χ1n) is 3.78. The van der Waals surface area contributed by atoms with E-state index in [0.717, 1.165) is 6.54 Å². The summed E-state index contributed by atoms with van der Waals surface area (Å²) in [5.41, 5.74) is 5.25. The van der Waals surface area contributed by atoms with E-state index in [-0.39, 0.29) is 0 Å². The molecule has 1 aromatic carbocycles. The number of hydrogen-bond donors (Lipinski definition) is 1. The number of hydrogen-bond acceptors (Lipinski definition) is 1. The number of halogens is 1. The van der Waals surface area contributed by atoms with E-state index in [1.54, 1.807) is 11.3 Å². The second kappa shape index (κ2) is 3.17. The summed E-state index contributed by atoms with van der Waals surface area (Å²) in [5.74, 6) is 0. The van der Waals surface area contributed by atoms with Gasteiger partial charge < -0.3 is 5.73 Å². The molecule has 2 rings (SSSR count). The predicted octanol–water partition coefficient (Wildman–Crippen LogP) is 2.41. The van der Waals surface area contributed by atoms with Gasteiger partial charge in [-0.25, -0.2) is 0 Å². The molecule has 0 spiro atoms. The molecule has 12 heavy (non-hydrogen) atoms. The zero-order valence-corrected chi connectivity index (χ0v) is 8.91. The molecule has 0 amide bonds. The van der Waals surface area contributed by atoms with E-state index < -0.39 is 0 Å². The van der Waals surface area contributed by atoms with Crippen LogP contribution in [0.5, 0.6) is 0 Å².